The molecule has 0 bridgehead atoms. The molecule has 1 rings (SSSR count). The van der Waals surface area contributed by atoms with Gasteiger partial charge in [0.15, 0.2) is 0 Å². The molecular weight excluding hydrogens is 182 g/mol. The molecule has 0 radical (unpaired) electrons. The van der Waals surface area contributed by atoms with Crippen LogP contribution in [0.25, 0.3) is 0 Å². The van der Waals surface area contributed by atoms with Crippen LogP contribution >= 0.6 is 0 Å². The number of aliphatic carboxylic acids is 1. The second-order valence-electron chi connectivity index (χ2n) is 4.17. The maximum Gasteiger partial charge on any atom is 0.304 e. The fourth-order valence-electron chi connectivity index (χ4n) is 2.22. The van der Waals surface area contributed by atoms with E-state index in [1.54, 1.807) is 0 Å². The second-order valence-corrected chi connectivity index (χ2v) is 4.17. The standard InChI is InChI=1S/C9H19N3O2/c1-10(2)9-11(3)6-7(12(9)4)5-8(13)14/h7,9H,5-6H2,1-4H3,(H,13,14). The van der Waals surface area contributed by atoms with Crippen LogP contribution in [-0.2, 0) is 4.79 Å². The van der Waals surface area contributed by atoms with Gasteiger partial charge in [-0.25, -0.2) is 0 Å². The van der Waals surface area contributed by atoms with Crippen molar-refractivity contribution in [2.75, 3.05) is 34.7 Å². The van der Waals surface area contributed by atoms with Crippen molar-refractivity contribution in [3.8, 4) is 0 Å². The van der Waals surface area contributed by atoms with Gasteiger partial charge in [-0.2, -0.15) is 0 Å². The molecule has 1 heterocycles. The van der Waals surface area contributed by atoms with Gasteiger partial charge < -0.3 is 5.11 Å². The molecule has 1 aliphatic rings. The highest BCUT2D eigenvalue weighted by molar-refractivity contribution is 5.67. The van der Waals surface area contributed by atoms with E-state index in [-0.39, 0.29) is 18.8 Å². The zero-order chi connectivity index (χ0) is 10.9. The van der Waals surface area contributed by atoms with E-state index in [9.17, 15) is 4.79 Å². The van der Waals surface area contributed by atoms with Crippen LogP contribution in [0.4, 0.5) is 0 Å². The van der Waals surface area contributed by atoms with E-state index < -0.39 is 5.97 Å². The third-order valence-corrected chi connectivity index (χ3v) is 2.71. The number of likely N-dealkylation sites (N-methyl/N-ethyl adjacent to an activating group) is 2. The average Bonchev–Trinajstić information content (AvgIpc) is 2.25. The fraction of sp³-hybridized carbons (Fsp3) is 0.889. The van der Waals surface area contributed by atoms with Crippen LogP contribution in [0.1, 0.15) is 6.42 Å². The van der Waals surface area contributed by atoms with E-state index >= 15 is 0 Å². The second kappa shape index (κ2) is 4.25. The number of hydrogen-bond donors (Lipinski definition) is 1. The Bertz CT molecular complexity index is 220. The Balaban J connectivity index is 2.64. The molecule has 0 amide bonds. The van der Waals surface area contributed by atoms with Crippen LogP contribution in [0, 0.1) is 0 Å². The van der Waals surface area contributed by atoms with E-state index in [2.05, 4.69) is 14.7 Å². The summed E-state index contributed by atoms with van der Waals surface area (Å²) in [6.45, 7) is 0.811. The Morgan fingerprint density at radius 3 is 2.43 bits per heavy atom. The van der Waals surface area contributed by atoms with Crippen LogP contribution in [0.5, 0.6) is 0 Å². The van der Waals surface area contributed by atoms with Gasteiger partial charge in [-0.3, -0.25) is 19.5 Å². The Morgan fingerprint density at radius 1 is 1.50 bits per heavy atom. The van der Waals surface area contributed by atoms with Gasteiger partial charge in [0.05, 0.1) is 6.42 Å². The minimum absolute atomic E-state index is 0.116. The molecule has 5 heteroatoms. The molecule has 2 atom stereocenters. The number of nitrogens with zero attached hydrogens (tertiary/aromatic N) is 3. The van der Waals surface area contributed by atoms with Crippen LogP contribution in [0.15, 0.2) is 0 Å². The largest absolute Gasteiger partial charge is 0.481 e. The summed E-state index contributed by atoms with van der Waals surface area (Å²) in [5.74, 6) is -0.727. The third kappa shape index (κ3) is 2.23. The molecule has 1 aliphatic heterocycles. The van der Waals surface area contributed by atoms with Crippen LogP contribution in [0.3, 0.4) is 0 Å². The van der Waals surface area contributed by atoms with E-state index in [1.807, 2.05) is 28.2 Å². The van der Waals surface area contributed by atoms with E-state index in [4.69, 9.17) is 5.11 Å². The Kier molecular flexibility index (Phi) is 3.47. The van der Waals surface area contributed by atoms with Crippen molar-refractivity contribution in [3.63, 3.8) is 0 Å². The first-order valence-electron chi connectivity index (χ1n) is 4.74. The van der Waals surface area contributed by atoms with Crippen LogP contribution < -0.4 is 0 Å². The van der Waals surface area contributed by atoms with Crippen molar-refractivity contribution in [2.24, 2.45) is 0 Å². The number of carboxylic acid groups (broad SMARTS) is 1. The van der Waals surface area contributed by atoms with E-state index in [0.29, 0.717) is 0 Å². The van der Waals surface area contributed by atoms with E-state index in [0.717, 1.165) is 6.54 Å². The normalized spacial score (nSPS) is 30.1. The van der Waals surface area contributed by atoms with Gasteiger partial charge in [-0.15, -0.1) is 0 Å². The molecule has 82 valence electrons. The van der Waals surface area contributed by atoms with Gasteiger partial charge in [-0.05, 0) is 28.2 Å². The summed E-state index contributed by atoms with van der Waals surface area (Å²) in [5, 5.41) is 8.74. The molecule has 2 unspecified atom stereocenters. The van der Waals surface area contributed by atoms with Gasteiger partial charge in [0.2, 0.25) is 0 Å². The molecule has 0 saturated carbocycles. The highest BCUT2D eigenvalue weighted by atomic mass is 16.4. The highest BCUT2D eigenvalue weighted by Crippen LogP contribution is 2.20. The third-order valence-electron chi connectivity index (χ3n) is 2.71. The molecule has 0 aromatic rings. The summed E-state index contributed by atoms with van der Waals surface area (Å²) in [7, 11) is 7.99. The summed E-state index contributed by atoms with van der Waals surface area (Å²) < 4.78 is 0. The highest BCUT2D eigenvalue weighted by Gasteiger charge is 2.36. The monoisotopic (exact) mass is 201 g/mol. The van der Waals surface area contributed by atoms with Gasteiger partial charge in [0.25, 0.3) is 0 Å². The molecule has 0 spiro atoms. The van der Waals surface area contributed by atoms with Crippen molar-refractivity contribution in [1.82, 2.24) is 14.7 Å². The summed E-state index contributed by atoms with van der Waals surface area (Å²) in [4.78, 5) is 17.0. The summed E-state index contributed by atoms with van der Waals surface area (Å²) in [5.41, 5.74) is 0. The summed E-state index contributed by atoms with van der Waals surface area (Å²) in [6, 6.07) is 0.116. The van der Waals surface area contributed by atoms with Gasteiger partial charge in [0, 0.05) is 12.6 Å². The predicted octanol–water partition coefficient (Wildman–Crippen LogP) is -0.448. The Hall–Kier alpha value is -0.650. The molecule has 0 aromatic heterocycles. The van der Waals surface area contributed by atoms with Gasteiger partial charge >= 0.3 is 5.97 Å². The van der Waals surface area contributed by atoms with Crippen LogP contribution in [-0.4, -0.2) is 72.8 Å². The van der Waals surface area contributed by atoms with Gasteiger partial charge in [0.1, 0.15) is 6.29 Å². The predicted molar refractivity (Wildman–Crippen MR) is 53.9 cm³/mol. The SMILES string of the molecule is CN(C)C1N(C)CC(CC(=O)O)N1C. The molecule has 1 saturated heterocycles. The molecular formula is C9H19N3O2. The van der Waals surface area contributed by atoms with Crippen molar-refractivity contribution < 1.29 is 9.90 Å². The Morgan fingerprint density at radius 2 is 2.07 bits per heavy atom. The minimum Gasteiger partial charge on any atom is -0.481 e. The lowest BCUT2D eigenvalue weighted by Crippen LogP contribution is -2.47. The molecule has 14 heavy (non-hydrogen) atoms. The molecule has 5 nitrogen and oxygen atoms in total. The maximum atomic E-state index is 10.6. The van der Waals surface area contributed by atoms with Crippen molar-refractivity contribution in [2.45, 2.75) is 18.8 Å². The lowest BCUT2D eigenvalue weighted by molar-refractivity contribution is -0.138. The molecule has 0 aromatic carbocycles. The van der Waals surface area contributed by atoms with Crippen LogP contribution in [0.2, 0.25) is 0 Å². The molecule has 0 aliphatic carbocycles. The lowest BCUT2D eigenvalue weighted by atomic mass is 10.2. The summed E-state index contributed by atoms with van der Waals surface area (Å²) in [6.07, 6.45) is 0.421. The number of carboxylic acids is 1. The first kappa shape index (κ1) is 11.4. The lowest BCUT2D eigenvalue weighted by Gasteiger charge is -2.32. The number of hydrogen-bond acceptors (Lipinski definition) is 4. The number of rotatable bonds is 3. The fourth-order valence-corrected chi connectivity index (χ4v) is 2.22. The average molecular weight is 201 g/mol. The first-order valence-corrected chi connectivity index (χ1v) is 4.74. The topological polar surface area (TPSA) is 47.0 Å². The van der Waals surface area contributed by atoms with Crippen molar-refractivity contribution in [3.05, 3.63) is 0 Å². The zero-order valence-corrected chi connectivity index (χ0v) is 9.27. The number of carbonyl (C=O) groups is 1. The van der Waals surface area contributed by atoms with Gasteiger partial charge in [-0.1, -0.05) is 0 Å². The van der Waals surface area contributed by atoms with Crippen molar-refractivity contribution >= 4 is 5.97 Å². The smallest absolute Gasteiger partial charge is 0.304 e. The quantitative estimate of drug-likeness (QED) is 0.670. The minimum atomic E-state index is -0.727. The maximum absolute atomic E-state index is 10.6. The molecule has 1 fully saturated rings. The summed E-state index contributed by atoms with van der Waals surface area (Å²) >= 11 is 0. The molecule has 1 N–H and O–H groups in total. The first-order chi connectivity index (χ1) is 6.43. The Labute approximate surface area is 84.9 Å². The van der Waals surface area contributed by atoms with E-state index in [1.165, 1.54) is 0 Å². The van der Waals surface area contributed by atoms with Crippen molar-refractivity contribution in [1.29, 1.82) is 0 Å². The zero-order valence-electron chi connectivity index (χ0n) is 9.27.